The highest BCUT2D eigenvalue weighted by Gasteiger charge is 2.14. The maximum Gasteiger partial charge on any atom is 0.266 e. The summed E-state index contributed by atoms with van der Waals surface area (Å²) in [5, 5.41) is 0. The molecule has 0 fully saturated rings. The molecule has 0 N–H and O–H groups in total. The van der Waals surface area contributed by atoms with Gasteiger partial charge in [-0.05, 0) is 28.7 Å². The van der Waals surface area contributed by atoms with E-state index in [0.29, 0.717) is 0 Å². The summed E-state index contributed by atoms with van der Waals surface area (Å²) in [6, 6.07) is 3.94. The molecule has 0 aliphatic heterocycles. The van der Waals surface area contributed by atoms with E-state index in [1.807, 2.05) is 0 Å². The van der Waals surface area contributed by atoms with Crippen molar-refractivity contribution in [1.82, 2.24) is 0 Å². The van der Waals surface area contributed by atoms with Gasteiger partial charge in [-0.3, -0.25) is 0 Å². The van der Waals surface area contributed by atoms with Gasteiger partial charge in [-0.1, -0.05) is 12.1 Å². The van der Waals surface area contributed by atoms with Gasteiger partial charge in [0.15, 0.2) is 0 Å². The number of halogens is 4. The number of alkyl halides is 2. The van der Waals surface area contributed by atoms with Gasteiger partial charge in [0, 0.05) is 3.57 Å². The van der Waals surface area contributed by atoms with Crippen LogP contribution in [-0.4, -0.2) is 0 Å². The Morgan fingerprint density at radius 3 is 2.36 bits per heavy atom. The van der Waals surface area contributed by atoms with Gasteiger partial charge in [0.05, 0.1) is 5.56 Å². The van der Waals surface area contributed by atoms with Gasteiger partial charge >= 0.3 is 0 Å². The molecule has 0 heterocycles. The van der Waals surface area contributed by atoms with Crippen LogP contribution in [0, 0.1) is 9.39 Å². The van der Waals surface area contributed by atoms with Crippen molar-refractivity contribution >= 4 is 22.6 Å². The fraction of sp³-hybridized carbons (Fsp3) is 0.143. The zero-order chi connectivity index (χ0) is 8.43. The Labute approximate surface area is 75.6 Å². The van der Waals surface area contributed by atoms with Crippen LogP contribution in [-0.2, 0) is 0 Å². The molecule has 0 unspecified atom stereocenters. The third-order valence-electron chi connectivity index (χ3n) is 1.22. The third-order valence-corrected chi connectivity index (χ3v) is 2.05. The van der Waals surface area contributed by atoms with E-state index in [2.05, 4.69) is 0 Å². The zero-order valence-corrected chi connectivity index (χ0v) is 7.48. The molecule has 0 aliphatic rings. The Kier molecular flexibility index (Phi) is 2.75. The van der Waals surface area contributed by atoms with Gasteiger partial charge in [0.2, 0.25) is 0 Å². The largest absolute Gasteiger partial charge is 0.266 e. The van der Waals surface area contributed by atoms with Gasteiger partial charge < -0.3 is 0 Å². The molecule has 0 nitrogen and oxygen atoms in total. The van der Waals surface area contributed by atoms with Crippen LogP contribution in [0.1, 0.15) is 12.0 Å². The van der Waals surface area contributed by atoms with Gasteiger partial charge in [-0.2, -0.15) is 0 Å². The van der Waals surface area contributed by atoms with Crippen molar-refractivity contribution in [2.24, 2.45) is 0 Å². The van der Waals surface area contributed by atoms with Crippen molar-refractivity contribution in [3.8, 4) is 0 Å². The highest BCUT2D eigenvalue weighted by Crippen LogP contribution is 2.24. The van der Waals surface area contributed by atoms with E-state index in [1.54, 1.807) is 22.6 Å². The Bertz CT molecular complexity index is 260. The summed E-state index contributed by atoms with van der Waals surface area (Å²) in [5.41, 5.74) is -0.531. The van der Waals surface area contributed by atoms with Crippen molar-refractivity contribution in [3.63, 3.8) is 0 Å². The van der Waals surface area contributed by atoms with Crippen LogP contribution in [0.4, 0.5) is 13.2 Å². The van der Waals surface area contributed by atoms with Crippen LogP contribution in [0.25, 0.3) is 0 Å². The van der Waals surface area contributed by atoms with Gasteiger partial charge in [0.1, 0.15) is 5.82 Å². The second-order valence-corrected chi connectivity index (χ2v) is 3.11. The lowest BCUT2D eigenvalue weighted by Crippen LogP contribution is -1.92. The van der Waals surface area contributed by atoms with E-state index in [9.17, 15) is 13.2 Å². The fourth-order valence-electron chi connectivity index (χ4n) is 0.689. The minimum Gasteiger partial charge on any atom is -0.205 e. The lowest BCUT2D eigenvalue weighted by atomic mass is 10.2. The number of benzene rings is 1. The minimum absolute atomic E-state index is 0.223. The summed E-state index contributed by atoms with van der Waals surface area (Å²) in [6.07, 6.45) is -2.73. The summed E-state index contributed by atoms with van der Waals surface area (Å²) in [5.74, 6) is -0.817. The van der Waals surface area contributed by atoms with Gasteiger partial charge in [-0.25, -0.2) is 13.2 Å². The van der Waals surface area contributed by atoms with Crippen LogP contribution in [0.3, 0.4) is 0 Å². The zero-order valence-electron chi connectivity index (χ0n) is 5.32. The molecule has 0 bridgehead atoms. The third kappa shape index (κ3) is 1.85. The summed E-state index contributed by atoms with van der Waals surface area (Å²) in [7, 11) is 0. The SMILES string of the molecule is Fc1c(I)cccc1C(F)F. The van der Waals surface area contributed by atoms with E-state index >= 15 is 0 Å². The van der Waals surface area contributed by atoms with E-state index in [0.717, 1.165) is 6.07 Å². The molecule has 1 aromatic carbocycles. The molecular formula is C7H4F3I. The van der Waals surface area contributed by atoms with Crippen molar-refractivity contribution in [3.05, 3.63) is 33.1 Å². The summed E-state index contributed by atoms with van der Waals surface area (Å²) < 4.78 is 36.9. The maximum absolute atomic E-state index is 12.8. The summed E-state index contributed by atoms with van der Waals surface area (Å²) in [6.45, 7) is 0. The Morgan fingerprint density at radius 1 is 1.27 bits per heavy atom. The second-order valence-electron chi connectivity index (χ2n) is 1.94. The number of hydrogen-bond acceptors (Lipinski definition) is 0. The molecule has 0 spiro atoms. The van der Waals surface area contributed by atoms with E-state index in [4.69, 9.17) is 0 Å². The van der Waals surface area contributed by atoms with Crippen molar-refractivity contribution < 1.29 is 13.2 Å². The first-order valence-corrected chi connectivity index (χ1v) is 3.93. The first-order chi connectivity index (χ1) is 5.13. The molecule has 0 aromatic heterocycles. The summed E-state index contributed by atoms with van der Waals surface area (Å²) >= 11 is 1.67. The standard InChI is InChI=1S/C7H4F3I/c8-6-4(7(9)10)2-1-3-5(6)11/h1-3,7H. The van der Waals surface area contributed by atoms with Crippen LogP contribution < -0.4 is 0 Å². The summed E-state index contributed by atoms with van der Waals surface area (Å²) in [4.78, 5) is 0. The average Bonchev–Trinajstić information content (AvgIpc) is 1.94. The minimum atomic E-state index is -2.73. The van der Waals surface area contributed by atoms with Crippen LogP contribution in [0.2, 0.25) is 0 Å². The quantitative estimate of drug-likeness (QED) is 0.687. The molecule has 0 saturated carbocycles. The normalized spacial score (nSPS) is 10.6. The molecule has 0 radical (unpaired) electrons. The van der Waals surface area contributed by atoms with Crippen LogP contribution >= 0.6 is 22.6 Å². The average molecular weight is 272 g/mol. The number of hydrogen-bond donors (Lipinski definition) is 0. The lowest BCUT2D eigenvalue weighted by Gasteiger charge is -2.01. The van der Waals surface area contributed by atoms with E-state index in [-0.39, 0.29) is 3.57 Å². The first-order valence-electron chi connectivity index (χ1n) is 2.85. The second kappa shape index (κ2) is 3.42. The van der Waals surface area contributed by atoms with Crippen LogP contribution in [0.5, 0.6) is 0 Å². The molecule has 1 rings (SSSR count). The highest BCUT2D eigenvalue weighted by molar-refractivity contribution is 14.1. The Hall–Kier alpha value is -0.260. The predicted octanol–water partition coefficient (Wildman–Crippen LogP) is 3.37. The van der Waals surface area contributed by atoms with Crippen molar-refractivity contribution in [2.45, 2.75) is 6.43 Å². The lowest BCUT2D eigenvalue weighted by molar-refractivity contribution is 0.146. The highest BCUT2D eigenvalue weighted by atomic mass is 127. The van der Waals surface area contributed by atoms with Crippen LogP contribution in [0.15, 0.2) is 18.2 Å². The van der Waals surface area contributed by atoms with Crippen molar-refractivity contribution in [1.29, 1.82) is 0 Å². The van der Waals surface area contributed by atoms with Gasteiger partial charge in [0.25, 0.3) is 6.43 Å². The molecule has 11 heavy (non-hydrogen) atoms. The molecule has 0 saturated heterocycles. The number of rotatable bonds is 1. The molecule has 0 amide bonds. The molecule has 0 aliphatic carbocycles. The molecule has 0 atom stereocenters. The molecular weight excluding hydrogens is 268 g/mol. The predicted molar refractivity (Wildman–Crippen MR) is 44.1 cm³/mol. The van der Waals surface area contributed by atoms with Crippen molar-refractivity contribution in [2.75, 3.05) is 0 Å². The topological polar surface area (TPSA) is 0 Å². The van der Waals surface area contributed by atoms with E-state index < -0.39 is 17.8 Å². The van der Waals surface area contributed by atoms with E-state index in [1.165, 1.54) is 12.1 Å². The molecule has 1 aromatic rings. The molecule has 60 valence electrons. The van der Waals surface area contributed by atoms with Gasteiger partial charge in [-0.15, -0.1) is 0 Å². The Morgan fingerprint density at radius 2 is 1.91 bits per heavy atom. The smallest absolute Gasteiger partial charge is 0.205 e. The monoisotopic (exact) mass is 272 g/mol. The maximum atomic E-state index is 12.8. The first kappa shape index (κ1) is 8.83. The molecule has 4 heteroatoms. The Balaban J connectivity index is 3.17. The fourth-order valence-corrected chi connectivity index (χ4v) is 1.21.